The maximum atomic E-state index is 11.6. The third kappa shape index (κ3) is 2.52. The van der Waals surface area contributed by atoms with Crippen LogP contribution in [0.1, 0.15) is 39.0 Å². The average molecular weight is 287 g/mol. The molecule has 0 amide bonds. The Hall–Kier alpha value is -0.280. The summed E-state index contributed by atoms with van der Waals surface area (Å²) in [6.45, 7) is 2.57. The molecular weight excluding hydrogens is 264 g/mol. The monoisotopic (exact) mass is 286 g/mol. The van der Waals surface area contributed by atoms with Gasteiger partial charge in [0.15, 0.2) is 0 Å². The zero-order chi connectivity index (χ0) is 13.5. The van der Waals surface area contributed by atoms with Gasteiger partial charge in [-0.15, -0.1) is 11.6 Å². The summed E-state index contributed by atoms with van der Waals surface area (Å²) in [4.78, 5) is 11.6. The van der Waals surface area contributed by atoms with Crippen LogP contribution in [0.25, 0.3) is 0 Å². The molecule has 0 atom stereocenters. The highest BCUT2D eigenvalue weighted by molar-refractivity contribution is 6.18. The first kappa shape index (κ1) is 13.7. The molecule has 0 N–H and O–H groups in total. The van der Waals surface area contributed by atoms with Crippen molar-refractivity contribution in [2.45, 2.75) is 44.6 Å². The standard InChI is InChI=1S/C15H23ClO3/c1-15(19-9-14(17)18-3-2-16)12-5-10-4-11(7-12)8-13(15)6-10/h10-13H,2-9H2,1H3. The highest BCUT2D eigenvalue weighted by Gasteiger charge is 2.55. The summed E-state index contributed by atoms with van der Waals surface area (Å²) in [5.41, 5.74) is -0.104. The molecule has 0 aromatic rings. The first-order chi connectivity index (χ1) is 9.11. The van der Waals surface area contributed by atoms with Crippen LogP contribution in [0.3, 0.4) is 0 Å². The molecule has 4 bridgehead atoms. The van der Waals surface area contributed by atoms with Crippen molar-refractivity contribution in [1.82, 2.24) is 0 Å². The van der Waals surface area contributed by atoms with Gasteiger partial charge in [0.05, 0.1) is 11.5 Å². The van der Waals surface area contributed by atoms with E-state index in [0.29, 0.717) is 17.7 Å². The number of esters is 1. The van der Waals surface area contributed by atoms with Crippen LogP contribution in [0.4, 0.5) is 0 Å². The van der Waals surface area contributed by atoms with Gasteiger partial charge in [-0.1, -0.05) is 0 Å². The summed E-state index contributed by atoms with van der Waals surface area (Å²) in [5, 5.41) is 0. The predicted octanol–water partition coefficient (Wildman–Crippen LogP) is 3.00. The molecule has 0 spiro atoms. The molecule has 4 saturated carbocycles. The van der Waals surface area contributed by atoms with E-state index >= 15 is 0 Å². The Labute approximate surface area is 120 Å². The minimum atomic E-state index is -0.282. The van der Waals surface area contributed by atoms with Gasteiger partial charge in [-0.3, -0.25) is 0 Å². The number of hydrogen-bond donors (Lipinski definition) is 0. The molecule has 0 aromatic carbocycles. The van der Waals surface area contributed by atoms with Crippen LogP contribution in [0.2, 0.25) is 0 Å². The van der Waals surface area contributed by atoms with Gasteiger partial charge in [-0.05, 0) is 62.7 Å². The molecule has 0 aromatic heterocycles. The van der Waals surface area contributed by atoms with Crippen LogP contribution in [0.15, 0.2) is 0 Å². The van der Waals surface area contributed by atoms with E-state index in [1.165, 1.54) is 32.1 Å². The molecule has 4 aliphatic carbocycles. The summed E-state index contributed by atoms with van der Waals surface area (Å²) >= 11 is 5.50. The van der Waals surface area contributed by atoms with Crippen LogP contribution in [-0.2, 0) is 14.3 Å². The fourth-order valence-corrected chi connectivity index (χ4v) is 4.84. The fourth-order valence-electron chi connectivity index (χ4n) is 4.76. The number of rotatable bonds is 5. The minimum Gasteiger partial charge on any atom is -0.463 e. The van der Waals surface area contributed by atoms with Gasteiger partial charge in [-0.2, -0.15) is 0 Å². The highest BCUT2D eigenvalue weighted by atomic mass is 35.5. The molecule has 0 unspecified atom stereocenters. The summed E-state index contributed by atoms with van der Waals surface area (Å²) in [5.74, 6) is 3.19. The maximum Gasteiger partial charge on any atom is 0.332 e. The molecule has 0 saturated heterocycles. The Morgan fingerprint density at radius 1 is 1.16 bits per heavy atom. The molecule has 0 radical (unpaired) electrons. The van der Waals surface area contributed by atoms with Crippen molar-refractivity contribution in [2.24, 2.45) is 23.7 Å². The summed E-state index contributed by atoms with van der Waals surface area (Å²) in [6.07, 6.45) is 6.60. The molecular formula is C15H23ClO3. The third-order valence-electron chi connectivity index (χ3n) is 5.60. The van der Waals surface area contributed by atoms with E-state index in [9.17, 15) is 4.79 Å². The van der Waals surface area contributed by atoms with Gasteiger partial charge in [0, 0.05) is 0 Å². The van der Waals surface area contributed by atoms with Crippen molar-refractivity contribution >= 4 is 17.6 Å². The van der Waals surface area contributed by atoms with E-state index < -0.39 is 0 Å². The smallest absolute Gasteiger partial charge is 0.332 e. The lowest BCUT2D eigenvalue weighted by Gasteiger charge is -2.59. The summed E-state index contributed by atoms with van der Waals surface area (Å²) in [6, 6.07) is 0. The Morgan fingerprint density at radius 2 is 1.74 bits per heavy atom. The summed E-state index contributed by atoms with van der Waals surface area (Å²) < 4.78 is 11.0. The van der Waals surface area contributed by atoms with Crippen LogP contribution in [0, 0.1) is 23.7 Å². The van der Waals surface area contributed by atoms with Crippen molar-refractivity contribution in [2.75, 3.05) is 19.1 Å². The Morgan fingerprint density at radius 3 is 2.26 bits per heavy atom. The normalized spacial score (nSPS) is 43.5. The molecule has 3 nitrogen and oxygen atoms in total. The number of ether oxygens (including phenoxy) is 2. The Kier molecular flexibility index (Phi) is 3.78. The molecule has 108 valence electrons. The van der Waals surface area contributed by atoms with Crippen molar-refractivity contribution in [3.8, 4) is 0 Å². The number of hydrogen-bond acceptors (Lipinski definition) is 3. The highest BCUT2D eigenvalue weighted by Crippen LogP contribution is 2.59. The number of carbonyl (C=O) groups is 1. The number of carbonyl (C=O) groups excluding carboxylic acids is 1. The lowest BCUT2D eigenvalue weighted by molar-refractivity contribution is -0.202. The second kappa shape index (κ2) is 5.25. The lowest BCUT2D eigenvalue weighted by atomic mass is 9.50. The second-order valence-corrected chi connectivity index (χ2v) is 7.06. The van der Waals surface area contributed by atoms with Gasteiger partial charge in [0.2, 0.25) is 0 Å². The van der Waals surface area contributed by atoms with Crippen LogP contribution >= 0.6 is 11.6 Å². The van der Waals surface area contributed by atoms with Crippen LogP contribution in [0.5, 0.6) is 0 Å². The van der Waals surface area contributed by atoms with E-state index in [1.807, 2.05) is 0 Å². The predicted molar refractivity (Wildman–Crippen MR) is 73.1 cm³/mol. The summed E-state index contributed by atoms with van der Waals surface area (Å²) in [7, 11) is 0. The van der Waals surface area contributed by atoms with E-state index in [4.69, 9.17) is 21.1 Å². The maximum absolute atomic E-state index is 11.6. The molecule has 4 fully saturated rings. The number of halogens is 1. The van der Waals surface area contributed by atoms with Gasteiger partial charge < -0.3 is 9.47 Å². The minimum absolute atomic E-state index is 0.0791. The van der Waals surface area contributed by atoms with Crippen molar-refractivity contribution in [3.63, 3.8) is 0 Å². The number of alkyl halides is 1. The molecule has 19 heavy (non-hydrogen) atoms. The van der Waals surface area contributed by atoms with Crippen molar-refractivity contribution in [3.05, 3.63) is 0 Å². The van der Waals surface area contributed by atoms with Gasteiger partial charge in [0.1, 0.15) is 13.2 Å². The SMILES string of the molecule is CC1(OCC(=O)OCCCl)C2CC3CC(C2)CC1C3. The van der Waals surface area contributed by atoms with Gasteiger partial charge in [0.25, 0.3) is 0 Å². The quantitative estimate of drug-likeness (QED) is 0.576. The third-order valence-corrected chi connectivity index (χ3v) is 5.75. The first-order valence-electron chi connectivity index (χ1n) is 7.47. The van der Waals surface area contributed by atoms with Crippen LogP contribution in [-0.4, -0.2) is 30.7 Å². The zero-order valence-corrected chi connectivity index (χ0v) is 12.3. The molecule has 0 heterocycles. The lowest BCUT2D eigenvalue weighted by Crippen LogP contribution is -2.57. The van der Waals surface area contributed by atoms with E-state index in [0.717, 1.165) is 11.8 Å². The average Bonchev–Trinajstić information content (AvgIpc) is 2.39. The van der Waals surface area contributed by atoms with E-state index in [-0.39, 0.29) is 24.8 Å². The van der Waals surface area contributed by atoms with E-state index in [2.05, 4.69) is 6.92 Å². The van der Waals surface area contributed by atoms with Crippen molar-refractivity contribution in [1.29, 1.82) is 0 Å². The Bertz CT molecular complexity index is 327. The molecule has 0 aliphatic heterocycles. The first-order valence-corrected chi connectivity index (χ1v) is 8.00. The fraction of sp³-hybridized carbons (Fsp3) is 0.933. The Balaban J connectivity index is 1.59. The molecule has 4 aliphatic rings. The largest absolute Gasteiger partial charge is 0.463 e. The van der Waals surface area contributed by atoms with Crippen molar-refractivity contribution < 1.29 is 14.3 Å². The molecule has 4 heteroatoms. The zero-order valence-electron chi connectivity index (χ0n) is 11.6. The molecule has 4 rings (SSSR count). The second-order valence-electron chi connectivity index (χ2n) is 6.69. The van der Waals surface area contributed by atoms with Gasteiger partial charge in [-0.25, -0.2) is 4.79 Å². The van der Waals surface area contributed by atoms with E-state index in [1.54, 1.807) is 0 Å². The van der Waals surface area contributed by atoms with Gasteiger partial charge >= 0.3 is 5.97 Å². The topological polar surface area (TPSA) is 35.5 Å². The van der Waals surface area contributed by atoms with Crippen LogP contribution < -0.4 is 0 Å².